The monoisotopic (exact) mass is 221 g/mol. The third kappa shape index (κ3) is 2.85. The van der Waals surface area contributed by atoms with Gasteiger partial charge in [0.1, 0.15) is 0 Å². The van der Waals surface area contributed by atoms with Crippen LogP contribution in [0.1, 0.15) is 41.0 Å². The molecule has 0 aromatic heterocycles. The van der Waals surface area contributed by atoms with E-state index in [9.17, 15) is 0 Å². The molecule has 0 radical (unpaired) electrons. The lowest BCUT2D eigenvalue weighted by molar-refractivity contribution is -0.186. The highest BCUT2D eigenvalue weighted by atomic mass is 35.5. The highest BCUT2D eigenvalue weighted by molar-refractivity contribution is 5.85. The minimum absolute atomic E-state index is 0. The second kappa shape index (κ2) is 4.38. The minimum atomic E-state index is -0.0263. The number of hydrogen-bond acceptors (Lipinski definition) is 2. The maximum absolute atomic E-state index is 5.97. The van der Waals surface area contributed by atoms with Crippen molar-refractivity contribution in [3.05, 3.63) is 0 Å². The lowest BCUT2D eigenvalue weighted by atomic mass is 9.60. The molecule has 0 unspecified atom stereocenters. The summed E-state index contributed by atoms with van der Waals surface area (Å²) in [6.45, 7) is 11.6. The molecule has 0 spiro atoms. The molecule has 1 saturated carbocycles. The van der Waals surface area contributed by atoms with Crippen molar-refractivity contribution < 1.29 is 4.74 Å². The number of nitrogens with two attached hydrogens (primary N) is 1. The molecule has 2 nitrogen and oxygen atoms in total. The Hall–Kier alpha value is 0.210. The van der Waals surface area contributed by atoms with Gasteiger partial charge in [0, 0.05) is 0 Å². The average Bonchev–Trinajstić information content (AvgIpc) is 1.95. The molecule has 1 rings (SSSR count). The fourth-order valence-corrected chi connectivity index (χ4v) is 2.00. The largest absolute Gasteiger partial charge is 0.372 e. The second-order valence-electron chi connectivity index (χ2n) is 5.71. The van der Waals surface area contributed by atoms with E-state index in [0.29, 0.717) is 12.0 Å². The zero-order valence-corrected chi connectivity index (χ0v) is 10.8. The first kappa shape index (κ1) is 14.2. The van der Waals surface area contributed by atoms with Crippen LogP contribution in [0.25, 0.3) is 0 Å². The Balaban J connectivity index is 0.00000169. The zero-order valence-electron chi connectivity index (χ0n) is 9.96. The average molecular weight is 222 g/mol. The van der Waals surface area contributed by atoms with E-state index in [1.807, 2.05) is 0 Å². The van der Waals surface area contributed by atoms with Crippen LogP contribution in [0.3, 0.4) is 0 Å². The normalized spacial score (nSPS) is 30.4. The van der Waals surface area contributed by atoms with Gasteiger partial charge in [0.05, 0.1) is 11.7 Å². The standard InChI is InChI=1S/C11H23NO.ClH/c1-10(2,3)13-9-6-8(7-12)11(9,4)5;/h8-9H,6-7,12H2,1-5H3;1H/t8-,9-;/m0./s1. The molecule has 3 heteroatoms. The first-order valence-electron chi connectivity index (χ1n) is 5.15. The minimum Gasteiger partial charge on any atom is -0.372 e. The van der Waals surface area contributed by atoms with Crippen molar-refractivity contribution in [3.63, 3.8) is 0 Å². The lowest BCUT2D eigenvalue weighted by Gasteiger charge is -2.53. The summed E-state index contributed by atoms with van der Waals surface area (Å²) in [6, 6.07) is 0. The molecular formula is C11H24ClNO. The van der Waals surface area contributed by atoms with Crippen molar-refractivity contribution in [2.24, 2.45) is 17.1 Å². The number of rotatable bonds is 2. The molecular weight excluding hydrogens is 198 g/mol. The molecule has 0 amide bonds. The Bertz CT molecular complexity index is 186. The summed E-state index contributed by atoms with van der Waals surface area (Å²) in [6.07, 6.45) is 1.52. The molecule has 0 aromatic rings. The van der Waals surface area contributed by atoms with Crippen LogP contribution >= 0.6 is 12.4 Å². The number of halogens is 1. The van der Waals surface area contributed by atoms with Gasteiger partial charge in [-0.15, -0.1) is 12.4 Å². The van der Waals surface area contributed by atoms with Crippen LogP contribution in [0.4, 0.5) is 0 Å². The maximum atomic E-state index is 5.97. The van der Waals surface area contributed by atoms with Crippen molar-refractivity contribution in [2.45, 2.75) is 52.7 Å². The van der Waals surface area contributed by atoms with Crippen LogP contribution in [0.2, 0.25) is 0 Å². The van der Waals surface area contributed by atoms with Crippen molar-refractivity contribution in [1.82, 2.24) is 0 Å². The van der Waals surface area contributed by atoms with E-state index in [4.69, 9.17) is 10.5 Å². The van der Waals surface area contributed by atoms with Crippen LogP contribution in [-0.2, 0) is 4.74 Å². The van der Waals surface area contributed by atoms with Gasteiger partial charge < -0.3 is 10.5 Å². The Morgan fingerprint density at radius 1 is 1.36 bits per heavy atom. The molecule has 86 valence electrons. The van der Waals surface area contributed by atoms with Crippen LogP contribution in [-0.4, -0.2) is 18.2 Å². The van der Waals surface area contributed by atoms with E-state index in [2.05, 4.69) is 34.6 Å². The van der Waals surface area contributed by atoms with Crippen molar-refractivity contribution in [2.75, 3.05) is 6.54 Å². The summed E-state index contributed by atoms with van der Waals surface area (Å²) >= 11 is 0. The molecule has 2 N–H and O–H groups in total. The Morgan fingerprint density at radius 3 is 2.14 bits per heavy atom. The fraction of sp³-hybridized carbons (Fsp3) is 1.00. The van der Waals surface area contributed by atoms with Gasteiger partial charge in [-0.2, -0.15) is 0 Å². The molecule has 14 heavy (non-hydrogen) atoms. The molecule has 0 aliphatic heterocycles. The van der Waals surface area contributed by atoms with Gasteiger partial charge in [-0.25, -0.2) is 0 Å². The van der Waals surface area contributed by atoms with Gasteiger partial charge in [0.2, 0.25) is 0 Å². The van der Waals surface area contributed by atoms with E-state index >= 15 is 0 Å². The molecule has 0 aromatic carbocycles. The van der Waals surface area contributed by atoms with E-state index in [1.165, 1.54) is 0 Å². The van der Waals surface area contributed by atoms with Gasteiger partial charge in [-0.1, -0.05) is 13.8 Å². The molecule has 1 aliphatic rings. The first-order valence-corrected chi connectivity index (χ1v) is 5.15. The van der Waals surface area contributed by atoms with E-state index < -0.39 is 0 Å². The highest BCUT2D eigenvalue weighted by Crippen LogP contribution is 2.48. The Labute approximate surface area is 94.0 Å². The van der Waals surface area contributed by atoms with E-state index in [-0.39, 0.29) is 23.4 Å². The molecule has 0 heterocycles. The molecule has 0 saturated heterocycles. The predicted octanol–water partition coefficient (Wildman–Crippen LogP) is 2.60. The number of hydrogen-bond donors (Lipinski definition) is 1. The quantitative estimate of drug-likeness (QED) is 0.778. The summed E-state index contributed by atoms with van der Waals surface area (Å²) in [4.78, 5) is 0. The zero-order chi connectivity index (χ0) is 10.3. The summed E-state index contributed by atoms with van der Waals surface area (Å²) in [7, 11) is 0. The molecule has 0 bridgehead atoms. The molecule has 1 fully saturated rings. The van der Waals surface area contributed by atoms with E-state index in [1.54, 1.807) is 0 Å². The fourth-order valence-electron chi connectivity index (χ4n) is 2.00. The summed E-state index contributed by atoms with van der Waals surface area (Å²) in [5.74, 6) is 0.639. The summed E-state index contributed by atoms with van der Waals surface area (Å²) in [5, 5.41) is 0. The topological polar surface area (TPSA) is 35.2 Å². The van der Waals surface area contributed by atoms with Crippen LogP contribution in [0, 0.1) is 11.3 Å². The van der Waals surface area contributed by atoms with Gasteiger partial charge >= 0.3 is 0 Å². The molecule has 2 atom stereocenters. The summed E-state index contributed by atoms with van der Waals surface area (Å²) in [5.41, 5.74) is 5.92. The van der Waals surface area contributed by atoms with Crippen LogP contribution in [0.5, 0.6) is 0 Å². The van der Waals surface area contributed by atoms with Crippen molar-refractivity contribution in [3.8, 4) is 0 Å². The van der Waals surface area contributed by atoms with Gasteiger partial charge in [-0.05, 0) is 45.1 Å². The van der Waals surface area contributed by atoms with Gasteiger partial charge in [0.15, 0.2) is 0 Å². The van der Waals surface area contributed by atoms with Gasteiger partial charge in [0.25, 0.3) is 0 Å². The predicted molar refractivity (Wildman–Crippen MR) is 62.8 cm³/mol. The SMILES string of the molecule is CC(C)(C)O[C@H]1C[C@@H](CN)C1(C)C.Cl. The van der Waals surface area contributed by atoms with Crippen LogP contribution < -0.4 is 5.73 Å². The summed E-state index contributed by atoms with van der Waals surface area (Å²) < 4.78 is 5.97. The Morgan fingerprint density at radius 2 is 1.86 bits per heavy atom. The van der Waals surface area contributed by atoms with Crippen molar-refractivity contribution in [1.29, 1.82) is 0 Å². The first-order chi connectivity index (χ1) is 5.77. The van der Waals surface area contributed by atoms with Crippen molar-refractivity contribution >= 4 is 12.4 Å². The number of ether oxygens (including phenoxy) is 1. The lowest BCUT2D eigenvalue weighted by Crippen LogP contribution is -2.55. The van der Waals surface area contributed by atoms with Crippen LogP contribution in [0.15, 0.2) is 0 Å². The molecule has 1 aliphatic carbocycles. The maximum Gasteiger partial charge on any atom is 0.0639 e. The third-order valence-corrected chi connectivity index (χ3v) is 3.16. The third-order valence-electron chi connectivity index (χ3n) is 3.16. The Kier molecular flexibility index (Phi) is 4.44. The van der Waals surface area contributed by atoms with Gasteiger partial charge in [-0.3, -0.25) is 0 Å². The van der Waals surface area contributed by atoms with E-state index in [0.717, 1.165) is 13.0 Å². The smallest absolute Gasteiger partial charge is 0.0639 e. The highest BCUT2D eigenvalue weighted by Gasteiger charge is 2.49. The second-order valence-corrected chi connectivity index (χ2v) is 5.71.